The van der Waals surface area contributed by atoms with Crippen LogP contribution in [0, 0.1) is 5.82 Å². The van der Waals surface area contributed by atoms with Crippen LogP contribution < -0.4 is 15.5 Å². The first-order chi connectivity index (χ1) is 13.7. The van der Waals surface area contributed by atoms with Crippen LogP contribution in [0.2, 0.25) is 0 Å². The number of guanidine groups is 1. The summed E-state index contributed by atoms with van der Waals surface area (Å²) >= 11 is 0. The number of aryl methyl sites for hydroxylation is 1. The van der Waals surface area contributed by atoms with Crippen LogP contribution in [0.4, 0.5) is 10.1 Å². The Hall–Kier alpha value is -1.95. The minimum absolute atomic E-state index is 0. The summed E-state index contributed by atoms with van der Waals surface area (Å²) in [5, 5.41) is 14.5. The zero-order valence-electron chi connectivity index (χ0n) is 16.9. The molecule has 0 saturated carbocycles. The van der Waals surface area contributed by atoms with Crippen molar-refractivity contribution in [1.29, 1.82) is 0 Å². The van der Waals surface area contributed by atoms with Crippen molar-refractivity contribution < 1.29 is 9.13 Å². The van der Waals surface area contributed by atoms with Crippen molar-refractivity contribution >= 4 is 35.6 Å². The van der Waals surface area contributed by atoms with E-state index in [0.717, 1.165) is 37.4 Å². The lowest BCUT2D eigenvalue weighted by Gasteiger charge is -2.29. The molecule has 0 radical (unpaired) electrons. The molecule has 29 heavy (non-hydrogen) atoms. The monoisotopic (exact) mass is 517 g/mol. The van der Waals surface area contributed by atoms with Crippen molar-refractivity contribution in [2.75, 3.05) is 44.8 Å². The maximum absolute atomic E-state index is 14.5. The van der Waals surface area contributed by atoms with E-state index in [9.17, 15) is 4.39 Å². The van der Waals surface area contributed by atoms with Crippen molar-refractivity contribution in [3.05, 3.63) is 41.7 Å². The maximum Gasteiger partial charge on any atom is 0.191 e. The highest BCUT2D eigenvalue weighted by atomic mass is 127. The molecule has 0 aliphatic carbocycles. The summed E-state index contributed by atoms with van der Waals surface area (Å²) < 4.78 is 21.8. The molecule has 0 spiro atoms. The third-order valence-corrected chi connectivity index (χ3v) is 4.70. The molecule has 8 nitrogen and oxygen atoms in total. The quantitative estimate of drug-likeness (QED) is 0.332. The first-order valence-electron chi connectivity index (χ1n) is 9.63. The van der Waals surface area contributed by atoms with E-state index < -0.39 is 0 Å². The van der Waals surface area contributed by atoms with E-state index in [1.807, 2.05) is 21.6 Å². The molecule has 3 rings (SSSR count). The number of anilines is 1. The van der Waals surface area contributed by atoms with Gasteiger partial charge in [-0.05, 0) is 17.7 Å². The largest absolute Gasteiger partial charge is 0.378 e. The molecule has 1 aromatic heterocycles. The second-order valence-corrected chi connectivity index (χ2v) is 6.53. The van der Waals surface area contributed by atoms with Gasteiger partial charge in [-0.25, -0.2) is 4.39 Å². The van der Waals surface area contributed by atoms with Crippen LogP contribution in [-0.2, 0) is 24.2 Å². The number of nitrogens with zero attached hydrogens (tertiary/aromatic N) is 5. The smallest absolute Gasteiger partial charge is 0.191 e. The molecule has 1 fully saturated rings. The predicted octanol–water partition coefficient (Wildman–Crippen LogP) is 1.80. The van der Waals surface area contributed by atoms with Gasteiger partial charge in [-0.1, -0.05) is 13.0 Å². The summed E-state index contributed by atoms with van der Waals surface area (Å²) in [7, 11) is 1.72. The molecule has 1 aliphatic rings. The highest BCUT2D eigenvalue weighted by molar-refractivity contribution is 14.0. The molecule has 10 heteroatoms. The standard InChI is InChI=1S/C19H28FN7O.HI/c1-3-18-25-24-14-27(18)7-6-22-19(21-2)23-13-15-4-5-17(16(20)12-15)26-8-10-28-11-9-26;/h4-5,12,14H,3,6-11,13H2,1-2H3,(H2,21,22,23);1H. The fourth-order valence-corrected chi connectivity index (χ4v) is 3.16. The van der Waals surface area contributed by atoms with Crippen LogP contribution in [0.1, 0.15) is 18.3 Å². The van der Waals surface area contributed by atoms with Gasteiger partial charge in [0.2, 0.25) is 0 Å². The van der Waals surface area contributed by atoms with Crippen LogP contribution in [0.5, 0.6) is 0 Å². The number of hydrogen-bond donors (Lipinski definition) is 2. The lowest BCUT2D eigenvalue weighted by Crippen LogP contribution is -2.38. The first kappa shape index (κ1) is 23.3. The van der Waals surface area contributed by atoms with Gasteiger partial charge >= 0.3 is 0 Å². The number of hydrogen-bond acceptors (Lipinski definition) is 5. The van der Waals surface area contributed by atoms with E-state index >= 15 is 0 Å². The summed E-state index contributed by atoms with van der Waals surface area (Å²) in [6.07, 6.45) is 2.58. The van der Waals surface area contributed by atoms with Gasteiger partial charge in [-0.3, -0.25) is 4.99 Å². The molecule has 0 atom stereocenters. The number of nitrogens with one attached hydrogen (secondary N) is 2. The van der Waals surface area contributed by atoms with Gasteiger partial charge < -0.3 is 24.8 Å². The molecule has 1 aliphatic heterocycles. The summed E-state index contributed by atoms with van der Waals surface area (Å²) in [5.41, 5.74) is 1.50. The van der Waals surface area contributed by atoms with Crippen LogP contribution in [0.3, 0.4) is 0 Å². The number of halogens is 2. The number of ether oxygens (including phenoxy) is 1. The average Bonchev–Trinajstić information content (AvgIpc) is 3.18. The number of aromatic nitrogens is 3. The molecule has 1 aromatic carbocycles. The Morgan fingerprint density at radius 2 is 2.07 bits per heavy atom. The Bertz CT molecular complexity index is 793. The summed E-state index contributed by atoms with van der Waals surface area (Å²) in [6, 6.07) is 5.36. The molecule has 0 bridgehead atoms. The van der Waals surface area contributed by atoms with E-state index in [1.54, 1.807) is 19.4 Å². The van der Waals surface area contributed by atoms with Crippen molar-refractivity contribution in [1.82, 2.24) is 25.4 Å². The third kappa shape index (κ3) is 6.53. The van der Waals surface area contributed by atoms with Crippen molar-refractivity contribution in [2.24, 2.45) is 4.99 Å². The predicted molar refractivity (Wildman–Crippen MR) is 122 cm³/mol. The molecule has 160 valence electrons. The second kappa shape index (κ2) is 11.9. The Kier molecular flexibility index (Phi) is 9.58. The van der Waals surface area contributed by atoms with E-state index in [1.165, 1.54) is 0 Å². The van der Waals surface area contributed by atoms with Gasteiger partial charge in [-0.2, -0.15) is 0 Å². The maximum atomic E-state index is 14.5. The van der Waals surface area contributed by atoms with E-state index in [-0.39, 0.29) is 29.8 Å². The van der Waals surface area contributed by atoms with E-state index in [4.69, 9.17) is 4.74 Å². The number of rotatable bonds is 7. The Labute approximate surface area is 188 Å². The van der Waals surface area contributed by atoms with Gasteiger partial charge in [0.05, 0.1) is 18.9 Å². The molecule has 2 heterocycles. The third-order valence-electron chi connectivity index (χ3n) is 4.70. The van der Waals surface area contributed by atoms with Crippen LogP contribution in [-0.4, -0.2) is 60.6 Å². The summed E-state index contributed by atoms with van der Waals surface area (Å²) in [4.78, 5) is 6.24. The number of morpholine rings is 1. The Balaban J connectivity index is 0.00000300. The normalized spacial score (nSPS) is 14.4. The molecule has 2 aromatic rings. The SMILES string of the molecule is CCc1nncn1CCNC(=NC)NCc1ccc(N2CCOCC2)c(F)c1.I. The van der Waals surface area contributed by atoms with Crippen molar-refractivity contribution in [2.45, 2.75) is 26.4 Å². The van der Waals surface area contributed by atoms with Crippen LogP contribution in [0.25, 0.3) is 0 Å². The first-order valence-corrected chi connectivity index (χ1v) is 9.63. The van der Waals surface area contributed by atoms with Crippen molar-refractivity contribution in [3.63, 3.8) is 0 Å². The fourth-order valence-electron chi connectivity index (χ4n) is 3.16. The van der Waals surface area contributed by atoms with Gasteiger partial charge in [0, 0.05) is 46.2 Å². The van der Waals surface area contributed by atoms with E-state index in [0.29, 0.717) is 38.0 Å². The topological polar surface area (TPSA) is 79.6 Å². The highest BCUT2D eigenvalue weighted by Crippen LogP contribution is 2.21. The zero-order valence-corrected chi connectivity index (χ0v) is 19.2. The molecule has 0 unspecified atom stereocenters. The van der Waals surface area contributed by atoms with E-state index in [2.05, 4.69) is 32.7 Å². The number of benzene rings is 1. The highest BCUT2D eigenvalue weighted by Gasteiger charge is 2.15. The van der Waals surface area contributed by atoms with Crippen LogP contribution >= 0.6 is 24.0 Å². The lowest BCUT2D eigenvalue weighted by atomic mass is 10.1. The minimum atomic E-state index is -0.205. The minimum Gasteiger partial charge on any atom is -0.378 e. The van der Waals surface area contributed by atoms with Gasteiger partial charge in [0.15, 0.2) is 5.96 Å². The van der Waals surface area contributed by atoms with Gasteiger partial charge in [0.25, 0.3) is 0 Å². The molecule has 1 saturated heterocycles. The number of aliphatic imine (C=N–C) groups is 1. The lowest BCUT2D eigenvalue weighted by molar-refractivity contribution is 0.122. The molecular weight excluding hydrogens is 488 g/mol. The molecular formula is C19H29FIN7O. The Morgan fingerprint density at radius 1 is 1.28 bits per heavy atom. The average molecular weight is 517 g/mol. The molecule has 0 amide bonds. The molecule has 2 N–H and O–H groups in total. The van der Waals surface area contributed by atoms with Gasteiger partial charge in [0.1, 0.15) is 18.0 Å². The summed E-state index contributed by atoms with van der Waals surface area (Å²) in [5.74, 6) is 1.42. The van der Waals surface area contributed by atoms with Crippen molar-refractivity contribution in [3.8, 4) is 0 Å². The van der Waals surface area contributed by atoms with Crippen LogP contribution in [0.15, 0.2) is 29.5 Å². The zero-order chi connectivity index (χ0) is 19.8. The fraction of sp³-hybridized carbons (Fsp3) is 0.526. The summed E-state index contributed by atoms with van der Waals surface area (Å²) in [6.45, 7) is 6.70. The second-order valence-electron chi connectivity index (χ2n) is 6.53. The Morgan fingerprint density at radius 3 is 2.76 bits per heavy atom. The van der Waals surface area contributed by atoms with Gasteiger partial charge in [-0.15, -0.1) is 34.2 Å².